The first-order valence-corrected chi connectivity index (χ1v) is 12.1. The summed E-state index contributed by atoms with van der Waals surface area (Å²) in [5.41, 5.74) is 2.45. The molecule has 2 rings (SSSR count). The zero-order valence-corrected chi connectivity index (χ0v) is 21.7. The standard InChI is InChI=1S/C28H34F6N2O/c1-6-10-20(16-21(11-7-2)27(29,30)31)24(19(3)4)18-26-25(14-9-15-36(26)5)35-22-12-8-13-23(17-22)37-28(32,33)34/h6,8,10-13,16-18,25,35H,7,9,14-15H2,1-5H3/b10-6-,20-16+,21-11-,26-18-. The second-order valence-corrected chi connectivity index (χ2v) is 8.98. The Morgan fingerprint density at radius 1 is 1.16 bits per heavy atom. The molecule has 1 N–H and O–H groups in total. The van der Waals surface area contributed by atoms with Crippen LogP contribution >= 0.6 is 0 Å². The molecule has 1 unspecified atom stereocenters. The van der Waals surface area contributed by atoms with E-state index < -0.39 is 18.1 Å². The van der Waals surface area contributed by atoms with Gasteiger partial charge in [-0.25, -0.2) is 0 Å². The lowest BCUT2D eigenvalue weighted by atomic mass is 9.93. The van der Waals surface area contributed by atoms with Crippen LogP contribution in [0.4, 0.5) is 32.0 Å². The number of alkyl halides is 6. The van der Waals surface area contributed by atoms with E-state index in [0.29, 0.717) is 23.3 Å². The maximum atomic E-state index is 13.7. The van der Waals surface area contributed by atoms with Crippen molar-refractivity contribution in [3.05, 3.63) is 82.6 Å². The summed E-state index contributed by atoms with van der Waals surface area (Å²) in [6.07, 6.45) is 0.0177. The normalized spacial score (nSPS) is 18.9. The highest BCUT2D eigenvalue weighted by atomic mass is 19.4. The Hall–Kier alpha value is -3.10. The number of anilines is 1. The van der Waals surface area contributed by atoms with Crippen molar-refractivity contribution in [2.45, 2.75) is 65.5 Å². The number of allylic oxidation sites excluding steroid dienone is 9. The zero-order valence-electron chi connectivity index (χ0n) is 21.7. The minimum absolute atomic E-state index is 0.242. The van der Waals surface area contributed by atoms with Crippen LogP contribution in [0, 0.1) is 0 Å². The van der Waals surface area contributed by atoms with Gasteiger partial charge in [0.2, 0.25) is 0 Å². The molecule has 1 aromatic rings. The largest absolute Gasteiger partial charge is 0.573 e. The molecule has 1 aliphatic rings. The Balaban J connectivity index is 2.52. The number of nitrogens with zero attached hydrogens (tertiary/aromatic N) is 1. The predicted octanol–water partition coefficient (Wildman–Crippen LogP) is 8.71. The minimum atomic E-state index is -4.80. The van der Waals surface area contributed by atoms with Crippen molar-refractivity contribution in [2.24, 2.45) is 0 Å². The minimum Gasteiger partial charge on any atom is -0.406 e. The van der Waals surface area contributed by atoms with Gasteiger partial charge in [0.15, 0.2) is 0 Å². The first kappa shape index (κ1) is 30.1. The number of ether oxygens (including phenoxy) is 1. The molecule has 1 heterocycles. The number of benzene rings is 1. The fourth-order valence-corrected chi connectivity index (χ4v) is 4.12. The number of halogens is 6. The van der Waals surface area contributed by atoms with E-state index in [1.54, 1.807) is 32.1 Å². The van der Waals surface area contributed by atoms with E-state index in [2.05, 4.69) is 10.1 Å². The Morgan fingerprint density at radius 2 is 1.86 bits per heavy atom. The van der Waals surface area contributed by atoms with E-state index in [4.69, 9.17) is 0 Å². The molecule has 0 bridgehead atoms. The molecule has 0 aromatic heterocycles. The van der Waals surface area contributed by atoms with Crippen LogP contribution in [0.1, 0.15) is 47.0 Å². The van der Waals surface area contributed by atoms with Crippen molar-refractivity contribution in [2.75, 3.05) is 18.9 Å². The van der Waals surface area contributed by atoms with E-state index >= 15 is 0 Å². The zero-order chi connectivity index (χ0) is 27.8. The highest BCUT2D eigenvalue weighted by molar-refractivity contribution is 5.55. The number of piperidine rings is 1. The molecule has 1 saturated heterocycles. The summed E-state index contributed by atoms with van der Waals surface area (Å²) >= 11 is 0. The highest BCUT2D eigenvalue weighted by Gasteiger charge is 2.33. The van der Waals surface area contributed by atoms with Crippen molar-refractivity contribution in [1.82, 2.24) is 4.90 Å². The number of likely N-dealkylation sites (N-methyl/N-ethyl adjacent to an activating group) is 1. The molecule has 0 amide bonds. The van der Waals surface area contributed by atoms with Crippen LogP contribution in [0.3, 0.4) is 0 Å². The van der Waals surface area contributed by atoms with Gasteiger partial charge in [-0.05, 0) is 75.5 Å². The number of rotatable bonds is 8. The van der Waals surface area contributed by atoms with Crippen LogP contribution in [-0.4, -0.2) is 37.1 Å². The third kappa shape index (κ3) is 9.37. The van der Waals surface area contributed by atoms with Gasteiger partial charge in [-0.15, -0.1) is 13.2 Å². The Bertz CT molecular complexity index is 1070. The predicted molar refractivity (Wildman–Crippen MR) is 136 cm³/mol. The second-order valence-electron chi connectivity index (χ2n) is 8.98. The van der Waals surface area contributed by atoms with E-state index in [1.807, 2.05) is 31.9 Å². The van der Waals surface area contributed by atoms with Gasteiger partial charge in [0.05, 0.1) is 11.6 Å². The molecule has 204 valence electrons. The highest BCUT2D eigenvalue weighted by Crippen LogP contribution is 2.33. The Kier molecular flexibility index (Phi) is 10.5. The van der Waals surface area contributed by atoms with Crippen LogP contribution < -0.4 is 10.1 Å². The molecule has 0 radical (unpaired) electrons. The Labute approximate surface area is 214 Å². The van der Waals surface area contributed by atoms with Gasteiger partial charge in [0.1, 0.15) is 5.75 Å². The SMILES string of the molecule is C\C=C/C(=C\C(=C\CC)C(F)(F)F)C(/C=C1/C(Nc2cccc(OC(F)(F)F)c2)CCCN1C)=C(C)C. The molecule has 0 aliphatic carbocycles. The molecule has 1 atom stereocenters. The topological polar surface area (TPSA) is 24.5 Å². The number of likely N-dealkylation sites (tertiary alicyclic amines) is 1. The monoisotopic (exact) mass is 528 g/mol. The van der Waals surface area contributed by atoms with Gasteiger partial charge in [-0.2, -0.15) is 13.2 Å². The molecule has 9 heteroatoms. The van der Waals surface area contributed by atoms with E-state index in [1.165, 1.54) is 18.2 Å². The summed E-state index contributed by atoms with van der Waals surface area (Å²) in [6, 6.07) is 5.34. The lowest BCUT2D eigenvalue weighted by molar-refractivity contribution is -0.274. The fraction of sp³-hybridized carbons (Fsp3) is 0.429. The third-order valence-corrected chi connectivity index (χ3v) is 5.74. The first-order chi connectivity index (χ1) is 17.2. The first-order valence-electron chi connectivity index (χ1n) is 12.1. The fourth-order valence-electron chi connectivity index (χ4n) is 4.12. The smallest absolute Gasteiger partial charge is 0.406 e. The van der Waals surface area contributed by atoms with E-state index in [9.17, 15) is 26.3 Å². The molecule has 0 spiro atoms. The summed E-state index contributed by atoms with van der Waals surface area (Å²) in [6.45, 7) is 7.81. The van der Waals surface area contributed by atoms with Crippen molar-refractivity contribution in [1.29, 1.82) is 0 Å². The van der Waals surface area contributed by atoms with Crippen LogP contribution in [0.25, 0.3) is 0 Å². The molecular weight excluding hydrogens is 494 g/mol. The second kappa shape index (κ2) is 12.9. The third-order valence-electron chi connectivity index (χ3n) is 5.74. The molecule has 37 heavy (non-hydrogen) atoms. The van der Waals surface area contributed by atoms with Crippen LogP contribution in [0.5, 0.6) is 5.75 Å². The van der Waals surface area contributed by atoms with Gasteiger partial charge >= 0.3 is 12.5 Å². The molecule has 0 saturated carbocycles. The molecular formula is C28H34F6N2O. The lowest BCUT2D eigenvalue weighted by Gasteiger charge is -2.36. The van der Waals surface area contributed by atoms with Gasteiger partial charge < -0.3 is 15.0 Å². The molecule has 1 fully saturated rings. The molecule has 1 aliphatic heterocycles. The average Bonchev–Trinajstić information content (AvgIpc) is 2.76. The lowest BCUT2D eigenvalue weighted by Crippen LogP contribution is -2.38. The number of hydrogen-bond donors (Lipinski definition) is 1. The summed E-state index contributed by atoms with van der Waals surface area (Å²) < 4.78 is 83.0. The quantitative estimate of drug-likeness (QED) is 0.270. The van der Waals surface area contributed by atoms with E-state index in [0.717, 1.165) is 36.4 Å². The van der Waals surface area contributed by atoms with Crippen molar-refractivity contribution in [3.8, 4) is 5.75 Å². The van der Waals surface area contributed by atoms with Gasteiger partial charge in [-0.3, -0.25) is 0 Å². The van der Waals surface area contributed by atoms with Crippen LogP contribution in [0.15, 0.2) is 82.6 Å². The summed E-state index contributed by atoms with van der Waals surface area (Å²) in [7, 11) is 1.89. The van der Waals surface area contributed by atoms with Gasteiger partial charge in [0.25, 0.3) is 0 Å². The van der Waals surface area contributed by atoms with Crippen molar-refractivity contribution >= 4 is 5.69 Å². The summed E-state index contributed by atoms with van der Waals surface area (Å²) in [5.74, 6) is -0.335. The van der Waals surface area contributed by atoms with Gasteiger partial charge in [-0.1, -0.05) is 36.8 Å². The van der Waals surface area contributed by atoms with Crippen molar-refractivity contribution < 1.29 is 31.1 Å². The molecule has 1 aromatic carbocycles. The number of nitrogens with one attached hydrogen (secondary N) is 1. The van der Waals surface area contributed by atoms with E-state index in [-0.39, 0.29) is 18.2 Å². The summed E-state index contributed by atoms with van der Waals surface area (Å²) in [4.78, 5) is 2.01. The summed E-state index contributed by atoms with van der Waals surface area (Å²) in [5, 5.41) is 3.28. The maximum absolute atomic E-state index is 13.7. The van der Waals surface area contributed by atoms with Crippen LogP contribution in [-0.2, 0) is 0 Å². The van der Waals surface area contributed by atoms with Crippen LogP contribution in [0.2, 0.25) is 0 Å². The molecule has 3 nitrogen and oxygen atoms in total. The maximum Gasteiger partial charge on any atom is 0.573 e. The average molecular weight is 529 g/mol. The van der Waals surface area contributed by atoms with Crippen molar-refractivity contribution in [3.63, 3.8) is 0 Å². The Morgan fingerprint density at radius 3 is 2.43 bits per heavy atom. The van der Waals surface area contributed by atoms with Gasteiger partial charge in [0, 0.05) is 31.0 Å². The number of hydrogen-bond acceptors (Lipinski definition) is 3.